The van der Waals surface area contributed by atoms with E-state index in [4.69, 9.17) is 5.11 Å². The molecule has 1 N–H and O–H groups in total. The van der Waals surface area contributed by atoms with Crippen LogP contribution in [-0.2, 0) is 47.4 Å². The van der Waals surface area contributed by atoms with Gasteiger partial charge in [0.2, 0.25) is 0 Å². The Morgan fingerprint density at radius 3 is 1.69 bits per heavy atom. The van der Waals surface area contributed by atoms with Crippen LogP contribution in [0.25, 0.3) is 0 Å². The Balaban J connectivity index is 0.000000445. The molecule has 0 bridgehead atoms. The van der Waals surface area contributed by atoms with Gasteiger partial charge in [-0.3, -0.25) is 0 Å². The van der Waals surface area contributed by atoms with Crippen molar-refractivity contribution in [1.29, 1.82) is 0 Å². The molecule has 0 heterocycles. The van der Waals surface area contributed by atoms with Gasteiger partial charge in [0.15, 0.2) is 0 Å². The van der Waals surface area contributed by atoms with E-state index in [0.29, 0.717) is 0 Å². The second kappa shape index (κ2) is 11.9. The molecule has 2 aliphatic carbocycles. The molecule has 0 aromatic heterocycles. The number of carboxylic acids is 1. The number of carboxylic acid groups (broad SMARTS) is 1. The normalized spacial score (nSPS) is 14.0. The largest absolute Gasteiger partial charge is 3.00 e. The number of aryl methyl sites for hydroxylation is 2. The number of aromatic carboxylic acids is 1. The van der Waals surface area contributed by atoms with Crippen LogP contribution in [0.1, 0.15) is 58.3 Å². The first kappa shape index (κ1) is 25.3. The quantitative estimate of drug-likeness (QED) is 0.450. The van der Waals surface area contributed by atoms with Gasteiger partial charge in [-0.05, 0) is 24.3 Å². The Hall–Kier alpha value is -0.736. The van der Waals surface area contributed by atoms with Crippen molar-refractivity contribution in [2.45, 2.75) is 51.4 Å². The van der Waals surface area contributed by atoms with Crippen molar-refractivity contribution in [2.24, 2.45) is 0 Å². The summed E-state index contributed by atoms with van der Waals surface area (Å²) in [4.78, 5) is 10.2. The molecule has 0 spiro atoms. The summed E-state index contributed by atoms with van der Waals surface area (Å²) in [6.45, 7) is 0. The summed E-state index contributed by atoms with van der Waals surface area (Å²) in [5, 5.41) is 8.35. The molecular formula is C20H22Cl2FO2Ti. The van der Waals surface area contributed by atoms with Crippen molar-refractivity contribution in [2.75, 3.05) is 0 Å². The molecule has 4 rings (SSSR count). The molecule has 1 radical (unpaired) electrons. The van der Waals surface area contributed by atoms with Crippen molar-refractivity contribution >= 4 is 5.97 Å². The fourth-order valence-electron chi connectivity index (χ4n) is 3.67. The van der Waals surface area contributed by atoms with Gasteiger partial charge in [-0.25, -0.2) is 9.18 Å². The fourth-order valence-corrected chi connectivity index (χ4v) is 3.67. The number of hydrogen-bond acceptors (Lipinski definition) is 1. The maximum absolute atomic E-state index is 12.2. The number of benzene rings is 1. The van der Waals surface area contributed by atoms with E-state index in [-0.39, 0.29) is 52.1 Å². The molecule has 6 heteroatoms. The number of hydrogen-bond donors (Lipinski definition) is 1. The summed E-state index contributed by atoms with van der Waals surface area (Å²) in [6, 6.07) is 7.19. The van der Waals surface area contributed by atoms with Crippen LogP contribution >= 0.6 is 0 Å². The zero-order valence-electron chi connectivity index (χ0n) is 14.5. The molecule has 139 valence electrons. The van der Waals surface area contributed by atoms with Crippen molar-refractivity contribution in [3.63, 3.8) is 0 Å². The molecule has 0 fully saturated rings. The minimum Gasteiger partial charge on any atom is -1.00 e. The summed E-state index contributed by atoms with van der Waals surface area (Å²) in [5.41, 5.74) is 7.04. The van der Waals surface area contributed by atoms with Gasteiger partial charge in [0.25, 0.3) is 0 Å². The van der Waals surface area contributed by atoms with Gasteiger partial charge in [-0.2, -0.15) is 28.3 Å². The van der Waals surface area contributed by atoms with Gasteiger partial charge in [0.05, 0.1) is 5.56 Å². The maximum Gasteiger partial charge on any atom is 3.00 e. The van der Waals surface area contributed by atoms with Gasteiger partial charge >= 0.3 is 27.7 Å². The molecule has 0 saturated carbocycles. The number of halogens is 3. The van der Waals surface area contributed by atoms with E-state index in [2.05, 4.69) is 6.07 Å². The van der Waals surface area contributed by atoms with Crippen LogP contribution in [0.15, 0.2) is 30.3 Å². The van der Waals surface area contributed by atoms with E-state index in [1.54, 1.807) is 22.3 Å². The molecule has 0 atom stereocenters. The summed E-state index contributed by atoms with van der Waals surface area (Å²) in [5.74, 6) is -1.47. The molecule has 0 unspecified atom stereocenters. The zero-order valence-corrected chi connectivity index (χ0v) is 17.6. The zero-order chi connectivity index (χ0) is 16.2. The molecule has 0 aliphatic heterocycles. The Kier molecular flexibility index (Phi) is 11.5. The molecule has 26 heavy (non-hydrogen) atoms. The van der Waals surface area contributed by atoms with E-state index in [9.17, 15) is 9.18 Å². The van der Waals surface area contributed by atoms with Crippen molar-refractivity contribution < 1.29 is 60.8 Å². The van der Waals surface area contributed by atoms with Gasteiger partial charge < -0.3 is 29.9 Å². The van der Waals surface area contributed by atoms with Crippen LogP contribution in [-0.4, -0.2) is 11.1 Å². The van der Waals surface area contributed by atoms with Crippen LogP contribution in [0.2, 0.25) is 0 Å². The standard InChI is InChI=1S/C13H17.C7H5FO2.2ClH.Ti/c1-3-7-12-10(5-1)9-11-6-2-4-8-13(11)12;8-6-3-1-5(2-4-6)7(9)10;;;/h9H,1-8H2;1-4H,(H,9,10);2*1H;/q-1;;;;+3/p-2. The molecule has 0 amide bonds. The number of carbonyl (C=O) groups is 1. The molecule has 0 saturated heterocycles. The average Bonchev–Trinajstić information content (AvgIpc) is 2.94. The first-order chi connectivity index (χ1) is 11.1. The summed E-state index contributed by atoms with van der Waals surface area (Å²) in [6.07, 6.45) is 11.2. The maximum atomic E-state index is 12.2. The van der Waals surface area contributed by atoms with E-state index in [1.807, 2.05) is 0 Å². The third-order valence-electron chi connectivity index (χ3n) is 4.82. The van der Waals surface area contributed by atoms with Crippen LogP contribution in [0.4, 0.5) is 4.39 Å². The van der Waals surface area contributed by atoms with Crippen LogP contribution in [0.3, 0.4) is 0 Å². The summed E-state index contributed by atoms with van der Waals surface area (Å²) < 4.78 is 12.2. The summed E-state index contributed by atoms with van der Waals surface area (Å²) >= 11 is 0. The summed E-state index contributed by atoms with van der Waals surface area (Å²) in [7, 11) is 0. The van der Waals surface area contributed by atoms with Gasteiger partial charge in [-0.15, -0.1) is 0 Å². The first-order valence-corrected chi connectivity index (χ1v) is 8.43. The minimum absolute atomic E-state index is 0. The van der Waals surface area contributed by atoms with Crippen LogP contribution in [0, 0.1) is 5.82 Å². The predicted octanol–water partition coefficient (Wildman–Crippen LogP) is -1.31. The van der Waals surface area contributed by atoms with Gasteiger partial charge in [0, 0.05) is 0 Å². The van der Waals surface area contributed by atoms with Crippen LogP contribution < -0.4 is 24.8 Å². The smallest absolute Gasteiger partial charge is 1.00 e. The Labute approximate surface area is 181 Å². The molecule has 2 nitrogen and oxygen atoms in total. The van der Waals surface area contributed by atoms with E-state index < -0.39 is 11.8 Å². The molecule has 2 aromatic carbocycles. The minimum atomic E-state index is -1.04. The SMILES string of the molecule is O=C(O)c1ccc(F)cc1.[Cl-].[Cl-].[Ti+3].[cH-]1c2c(c3c1CCCC3)CCCC2. The van der Waals surface area contributed by atoms with E-state index in [1.165, 1.54) is 63.5 Å². The fraction of sp³-hybridized carbons (Fsp3) is 0.400. The molecular weight excluding hydrogens is 410 g/mol. The van der Waals surface area contributed by atoms with Crippen molar-refractivity contribution in [3.8, 4) is 0 Å². The predicted molar refractivity (Wildman–Crippen MR) is 88.7 cm³/mol. The monoisotopic (exact) mass is 431 g/mol. The average molecular weight is 432 g/mol. The second-order valence-corrected chi connectivity index (χ2v) is 6.38. The van der Waals surface area contributed by atoms with Gasteiger partial charge in [-0.1, -0.05) is 51.4 Å². The number of rotatable bonds is 1. The van der Waals surface area contributed by atoms with E-state index in [0.717, 1.165) is 12.1 Å². The Morgan fingerprint density at radius 2 is 1.27 bits per heavy atom. The second-order valence-electron chi connectivity index (χ2n) is 6.38. The van der Waals surface area contributed by atoms with Crippen LogP contribution in [0.5, 0.6) is 0 Å². The first-order valence-electron chi connectivity index (χ1n) is 8.43. The van der Waals surface area contributed by atoms with Gasteiger partial charge in [0.1, 0.15) is 5.82 Å². The molecule has 2 aromatic rings. The Bertz CT molecular complexity index is 668. The third-order valence-corrected chi connectivity index (χ3v) is 4.82. The molecule has 2 aliphatic rings. The third kappa shape index (κ3) is 6.16. The topological polar surface area (TPSA) is 37.3 Å². The van der Waals surface area contributed by atoms with Crippen molar-refractivity contribution in [3.05, 3.63) is 64.0 Å². The van der Waals surface area contributed by atoms with E-state index >= 15 is 0 Å². The number of fused-ring (bicyclic) bond motifs is 3. The Morgan fingerprint density at radius 1 is 0.846 bits per heavy atom. The van der Waals surface area contributed by atoms with Crippen molar-refractivity contribution in [1.82, 2.24) is 0 Å².